The number of amides is 1. The van der Waals surface area contributed by atoms with Crippen LogP contribution in [0.5, 0.6) is 0 Å². The molecule has 0 radical (unpaired) electrons. The van der Waals surface area contributed by atoms with Crippen LogP contribution in [0, 0.1) is 0 Å². The zero-order chi connectivity index (χ0) is 13.8. The Hall–Kier alpha value is -1.00. The molecule has 2 N–H and O–H groups in total. The van der Waals surface area contributed by atoms with Gasteiger partial charge in [-0.2, -0.15) is 11.8 Å². The van der Waals surface area contributed by atoms with Gasteiger partial charge in [0.25, 0.3) is 5.91 Å². The average molecular weight is 278 g/mol. The summed E-state index contributed by atoms with van der Waals surface area (Å²) in [5.41, 5.74) is 7.99. The SMILES string of the molecule is CSCc1ccc(C(=O)N2CC[C@H](N)C[C@@H]2C)cc1. The molecular weight excluding hydrogens is 256 g/mol. The molecule has 1 saturated heterocycles. The lowest BCUT2D eigenvalue weighted by Gasteiger charge is -2.36. The van der Waals surface area contributed by atoms with E-state index in [4.69, 9.17) is 5.73 Å². The lowest BCUT2D eigenvalue weighted by Crippen LogP contribution is -2.48. The fraction of sp³-hybridized carbons (Fsp3) is 0.533. The Bertz CT molecular complexity index is 432. The van der Waals surface area contributed by atoms with Crippen molar-refractivity contribution >= 4 is 17.7 Å². The number of nitrogens with two attached hydrogens (primary N) is 1. The number of carbonyl (C=O) groups excluding carboxylic acids is 1. The Morgan fingerprint density at radius 2 is 2.11 bits per heavy atom. The summed E-state index contributed by atoms with van der Waals surface area (Å²) >= 11 is 1.79. The summed E-state index contributed by atoms with van der Waals surface area (Å²) in [4.78, 5) is 14.4. The van der Waals surface area contributed by atoms with Crippen molar-refractivity contribution in [3.8, 4) is 0 Å². The quantitative estimate of drug-likeness (QED) is 0.924. The second-order valence-electron chi connectivity index (χ2n) is 5.26. The Kier molecular flexibility index (Phi) is 4.88. The molecule has 1 aromatic rings. The van der Waals surface area contributed by atoms with Gasteiger partial charge in [0.15, 0.2) is 0 Å². The maximum atomic E-state index is 12.5. The molecule has 0 aromatic heterocycles. The molecule has 0 spiro atoms. The van der Waals surface area contributed by atoms with E-state index in [1.165, 1.54) is 5.56 Å². The van der Waals surface area contributed by atoms with E-state index in [2.05, 4.69) is 13.2 Å². The molecule has 1 aliphatic heterocycles. The molecule has 19 heavy (non-hydrogen) atoms. The molecule has 4 heteroatoms. The summed E-state index contributed by atoms with van der Waals surface area (Å²) in [6, 6.07) is 8.45. The second-order valence-corrected chi connectivity index (χ2v) is 6.13. The predicted molar refractivity (Wildman–Crippen MR) is 81.4 cm³/mol. The zero-order valence-corrected chi connectivity index (χ0v) is 12.5. The van der Waals surface area contributed by atoms with Gasteiger partial charge in [-0.05, 0) is 43.7 Å². The number of thioether (sulfide) groups is 1. The number of carbonyl (C=O) groups is 1. The Morgan fingerprint density at radius 3 is 2.68 bits per heavy atom. The predicted octanol–water partition coefficient (Wildman–Crippen LogP) is 2.50. The highest BCUT2D eigenvalue weighted by Crippen LogP contribution is 2.19. The average Bonchev–Trinajstić information content (AvgIpc) is 2.39. The number of hydrogen-bond donors (Lipinski definition) is 1. The van der Waals surface area contributed by atoms with Crippen LogP contribution in [0.1, 0.15) is 35.7 Å². The van der Waals surface area contributed by atoms with E-state index in [-0.39, 0.29) is 18.0 Å². The number of hydrogen-bond acceptors (Lipinski definition) is 3. The van der Waals surface area contributed by atoms with Crippen molar-refractivity contribution in [2.45, 2.75) is 37.6 Å². The zero-order valence-electron chi connectivity index (χ0n) is 11.6. The van der Waals surface area contributed by atoms with Crippen LogP contribution in [0.4, 0.5) is 0 Å². The Labute approximate surface area is 119 Å². The maximum Gasteiger partial charge on any atom is 0.254 e. The molecular formula is C15H22N2OS. The third-order valence-corrected chi connectivity index (χ3v) is 4.31. The lowest BCUT2D eigenvalue weighted by molar-refractivity contribution is 0.0619. The van der Waals surface area contributed by atoms with Gasteiger partial charge in [-0.15, -0.1) is 0 Å². The minimum absolute atomic E-state index is 0.134. The van der Waals surface area contributed by atoms with Gasteiger partial charge in [0.2, 0.25) is 0 Å². The smallest absolute Gasteiger partial charge is 0.254 e. The molecule has 0 aliphatic carbocycles. The molecule has 2 rings (SSSR count). The summed E-state index contributed by atoms with van der Waals surface area (Å²) in [6.07, 6.45) is 3.88. The molecule has 104 valence electrons. The van der Waals surface area contributed by atoms with E-state index in [1.54, 1.807) is 11.8 Å². The minimum atomic E-state index is 0.134. The first-order valence-corrected chi connectivity index (χ1v) is 8.15. The van der Waals surface area contributed by atoms with Crippen molar-refractivity contribution in [3.05, 3.63) is 35.4 Å². The van der Waals surface area contributed by atoms with Crippen LogP contribution >= 0.6 is 11.8 Å². The topological polar surface area (TPSA) is 46.3 Å². The molecule has 1 aromatic carbocycles. The molecule has 0 saturated carbocycles. The van der Waals surface area contributed by atoms with Crippen molar-refractivity contribution in [1.82, 2.24) is 4.90 Å². The van der Waals surface area contributed by atoms with Gasteiger partial charge in [-0.25, -0.2) is 0 Å². The third kappa shape index (κ3) is 3.51. The monoisotopic (exact) mass is 278 g/mol. The third-order valence-electron chi connectivity index (χ3n) is 3.69. The highest BCUT2D eigenvalue weighted by molar-refractivity contribution is 7.97. The van der Waals surface area contributed by atoms with Crippen molar-refractivity contribution in [1.29, 1.82) is 0 Å². The first-order chi connectivity index (χ1) is 9.11. The van der Waals surface area contributed by atoms with Crippen LogP contribution in [-0.2, 0) is 5.75 Å². The van der Waals surface area contributed by atoms with Gasteiger partial charge in [0.1, 0.15) is 0 Å². The van der Waals surface area contributed by atoms with Crippen LogP contribution in [0.2, 0.25) is 0 Å². The summed E-state index contributed by atoms with van der Waals surface area (Å²) in [5.74, 6) is 1.12. The molecule has 1 fully saturated rings. The van der Waals surface area contributed by atoms with Crippen molar-refractivity contribution < 1.29 is 4.79 Å². The van der Waals surface area contributed by atoms with Crippen molar-refractivity contribution in [3.63, 3.8) is 0 Å². The molecule has 2 atom stereocenters. The van der Waals surface area contributed by atoms with Crippen molar-refractivity contribution in [2.75, 3.05) is 12.8 Å². The number of piperidine rings is 1. The first-order valence-electron chi connectivity index (χ1n) is 6.76. The largest absolute Gasteiger partial charge is 0.336 e. The van der Waals surface area contributed by atoms with Gasteiger partial charge in [0.05, 0.1) is 0 Å². The van der Waals surface area contributed by atoms with Crippen molar-refractivity contribution in [2.24, 2.45) is 5.73 Å². The molecule has 0 unspecified atom stereocenters. The maximum absolute atomic E-state index is 12.5. The highest BCUT2D eigenvalue weighted by Gasteiger charge is 2.27. The Morgan fingerprint density at radius 1 is 1.42 bits per heavy atom. The molecule has 1 aliphatic rings. The molecule has 1 heterocycles. The van der Waals surface area contributed by atoms with E-state index in [9.17, 15) is 4.79 Å². The Balaban J connectivity index is 2.06. The minimum Gasteiger partial charge on any atom is -0.336 e. The first kappa shape index (κ1) is 14.4. The van der Waals surface area contributed by atoms with Crippen LogP contribution < -0.4 is 5.73 Å². The lowest BCUT2D eigenvalue weighted by atomic mass is 9.98. The fourth-order valence-electron chi connectivity index (χ4n) is 2.59. The number of benzene rings is 1. The summed E-state index contributed by atoms with van der Waals surface area (Å²) in [7, 11) is 0. The van der Waals surface area contributed by atoms with Gasteiger partial charge < -0.3 is 10.6 Å². The number of nitrogens with zero attached hydrogens (tertiary/aromatic N) is 1. The van der Waals surface area contributed by atoms with E-state index >= 15 is 0 Å². The normalized spacial score (nSPS) is 23.4. The van der Waals surface area contributed by atoms with Crippen LogP contribution in [0.25, 0.3) is 0 Å². The summed E-state index contributed by atoms with van der Waals surface area (Å²) in [6.45, 7) is 2.85. The van der Waals surface area contributed by atoms with E-state index in [0.717, 1.165) is 30.7 Å². The van der Waals surface area contributed by atoms with Crippen LogP contribution in [0.3, 0.4) is 0 Å². The van der Waals surface area contributed by atoms with E-state index in [1.807, 2.05) is 29.2 Å². The van der Waals surface area contributed by atoms with Gasteiger partial charge in [0, 0.05) is 29.9 Å². The standard InChI is InChI=1S/C15H22N2OS/c1-11-9-14(16)7-8-17(11)15(18)13-5-3-12(4-6-13)10-19-2/h3-6,11,14H,7-10,16H2,1-2H3/t11-,14-/m0/s1. The highest BCUT2D eigenvalue weighted by atomic mass is 32.2. The van der Waals surface area contributed by atoms with Gasteiger partial charge >= 0.3 is 0 Å². The fourth-order valence-corrected chi connectivity index (χ4v) is 3.11. The molecule has 3 nitrogen and oxygen atoms in total. The summed E-state index contributed by atoms with van der Waals surface area (Å²) < 4.78 is 0. The molecule has 1 amide bonds. The van der Waals surface area contributed by atoms with Crippen LogP contribution in [-0.4, -0.2) is 35.7 Å². The summed E-state index contributed by atoms with van der Waals surface area (Å²) in [5, 5.41) is 0. The second kappa shape index (κ2) is 6.44. The van der Waals surface area contributed by atoms with E-state index in [0.29, 0.717) is 0 Å². The van der Waals surface area contributed by atoms with Gasteiger partial charge in [-0.1, -0.05) is 12.1 Å². The number of likely N-dealkylation sites (tertiary alicyclic amines) is 1. The van der Waals surface area contributed by atoms with Crippen LogP contribution in [0.15, 0.2) is 24.3 Å². The number of rotatable bonds is 3. The van der Waals surface area contributed by atoms with Gasteiger partial charge in [-0.3, -0.25) is 4.79 Å². The van der Waals surface area contributed by atoms with E-state index < -0.39 is 0 Å². The molecule has 0 bridgehead atoms.